The highest BCUT2D eigenvalue weighted by molar-refractivity contribution is 7.25. The van der Waals surface area contributed by atoms with E-state index in [1.165, 1.54) is 20.2 Å². The van der Waals surface area contributed by atoms with Crippen LogP contribution in [0.25, 0.3) is 20.2 Å². The molecule has 0 fully saturated rings. The lowest BCUT2D eigenvalue weighted by atomic mass is 10.1. The van der Waals surface area contributed by atoms with Crippen LogP contribution >= 0.6 is 11.3 Å². The summed E-state index contributed by atoms with van der Waals surface area (Å²) in [4.78, 5) is 0. The smallest absolute Gasteiger partial charge is 0.120 e. The molecular formula is C22H30N2O2S. The van der Waals surface area contributed by atoms with Gasteiger partial charge in [0.05, 0.1) is 0 Å². The minimum absolute atomic E-state index is 0.692. The molecule has 2 N–H and O–H groups in total. The molecule has 0 unspecified atom stereocenters. The third kappa shape index (κ3) is 5.58. The molecule has 5 heteroatoms. The standard InChI is InChI=1S/C22H30N2O2S/c1-3-9-23-11-13-25-17-6-8-21-20(15-17)19-7-5-18(16-22(19)27-21)26-14-12-24-10-4-2/h5-8,15-16,23-24H,3-4,9-14H2,1-2H3. The Kier molecular flexibility index (Phi) is 7.75. The van der Waals surface area contributed by atoms with E-state index >= 15 is 0 Å². The van der Waals surface area contributed by atoms with Gasteiger partial charge in [-0.25, -0.2) is 0 Å². The second kappa shape index (κ2) is 10.5. The van der Waals surface area contributed by atoms with Crippen molar-refractivity contribution < 1.29 is 9.47 Å². The summed E-state index contributed by atoms with van der Waals surface area (Å²) in [7, 11) is 0. The molecule has 27 heavy (non-hydrogen) atoms. The highest BCUT2D eigenvalue weighted by Gasteiger charge is 2.08. The molecule has 4 nitrogen and oxygen atoms in total. The van der Waals surface area contributed by atoms with Gasteiger partial charge in [-0.1, -0.05) is 13.8 Å². The van der Waals surface area contributed by atoms with Gasteiger partial charge < -0.3 is 20.1 Å². The number of fused-ring (bicyclic) bond motifs is 3. The molecule has 0 bridgehead atoms. The molecule has 0 aliphatic carbocycles. The second-order valence-corrected chi connectivity index (χ2v) is 7.70. The van der Waals surface area contributed by atoms with Gasteiger partial charge in [-0.05, 0) is 62.3 Å². The van der Waals surface area contributed by atoms with Crippen LogP contribution in [0.2, 0.25) is 0 Å². The van der Waals surface area contributed by atoms with Crippen LogP contribution in [-0.4, -0.2) is 39.4 Å². The summed E-state index contributed by atoms with van der Waals surface area (Å²) in [6, 6.07) is 12.8. The van der Waals surface area contributed by atoms with Gasteiger partial charge in [-0.15, -0.1) is 11.3 Å². The number of rotatable bonds is 12. The van der Waals surface area contributed by atoms with Crippen LogP contribution < -0.4 is 20.1 Å². The first-order valence-corrected chi connectivity index (χ1v) is 10.8. The van der Waals surface area contributed by atoms with Crippen LogP contribution in [-0.2, 0) is 0 Å². The average Bonchev–Trinajstić information content (AvgIpc) is 3.05. The Balaban J connectivity index is 1.65. The van der Waals surface area contributed by atoms with Crippen LogP contribution in [0.5, 0.6) is 11.5 Å². The molecule has 3 rings (SSSR count). The zero-order chi connectivity index (χ0) is 18.9. The van der Waals surface area contributed by atoms with E-state index in [1.54, 1.807) is 11.3 Å². The van der Waals surface area contributed by atoms with E-state index in [0.29, 0.717) is 13.2 Å². The fraction of sp³-hybridized carbons (Fsp3) is 0.455. The maximum Gasteiger partial charge on any atom is 0.120 e. The van der Waals surface area contributed by atoms with Gasteiger partial charge in [-0.3, -0.25) is 0 Å². The van der Waals surface area contributed by atoms with Crippen molar-refractivity contribution in [3.8, 4) is 11.5 Å². The van der Waals surface area contributed by atoms with Crippen molar-refractivity contribution in [3.05, 3.63) is 36.4 Å². The Bertz CT molecular complexity index is 847. The van der Waals surface area contributed by atoms with Crippen LogP contribution in [0.15, 0.2) is 36.4 Å². The molecule has 146 valence electrons. The fourth-order valence-electron chi connectivity index (χ4n) is 3.00. The average molecular weight is 387 g/mol. The van der Waals surface area contributed by atoms with Gasteiger partial charge in [0.15, 0.2) is 0 Å². The van der Waals surface area contributed by atoms with E-state index in [4.69, 9.17) is 9.47 Å². The van der Waals surface area contributed by atoms with Gasteiger partial charge in [-0.2, -0.15) is 0 Å². The summed E-state index contributed by atoms with van der Waals surface area (Å²) >= 11 is 1.80. The number of ether oxygens (including phenoxy) is 2. The number of nitrogens with one attached hydrogen (secondary N) is 2. The second-order valence-electron chi connectivity index (χ2n) is 6.61. The Hall–Kier alpha value is -1.82. The van der Waals surface area contributed by atoms with Crippen LogP contribution in [0, 0.1) is 0 Å². The molecule has 0 aliphatic rings. The molecule has 0 saturated carbocycles. The highest BCUT2D eigenvalue weighted by atomic mass is 32.1. The fourth-order valence-corrected chi connectivity index (χ4v) is 4.12. The minimum atomic E-state index is 0.692. The molecule has 0 amide bonds. The maximum absolute atomic E-state index is 5.90. The summed E-state index contributed by atoms with van der Waals surface area (Å²) < 4.78 is 14.3. The lowest BCUT2D eigenvalue weighted by Crippen LogP contribution is -2.21. The van der Waals surface area contributed by atoms with Crippen molar-refractivity contribution in [1.82, 2.24) is 10.6 Å². The number of hydrogen-bond donors (Lipinski definition) is 2. The molecule has 0 spiro atoms. The third-order valence-corrected chi connectivity index (χ3v) is 5.50. The molecule has 0 radical (unpaired) electrons. The van der Waals surface area contributed by atoms with Gasteiger partial charge in [0.1, 0.15) is 24.7 Å². The first kappa shape index (κ1) is 19.9. The van der Waals surface area contributed by atoms with Gasteiger partial charge >= 0.3 is 0 Å². The van der Waals surface area contributed by atoms with Gasteiger partial charge in [0.25, 0.3) is 0 Å². The molecule has 0 saturated heterocycles. The summed E-state index contributed by atoms with van der Waals surface area (Å²) in [6.07, 6.45) is 2.29. The topological polar surface area (TPSA) is 42.5 Å². The van der Waals surface area contributed by atoms with E-state index in [9.17, 15) is 0 Å². The summed E-state index contributed by atoms with van der Waals surface area (Å²) in [5.41, 5.74) is 0. The SMILES string of the molecule is CCCNCCOc1ccc2c(c1)sc1ccc(OCCNCCC)cc12. The summed E-state index contributed by atoms with van der Waals surface area (Å²) in [5, 5.41) is 9.24. The first-order valence-electron chi connectivity index (χ1n) is 9.95. The van der Waals surface area contributed by atoms with E-state index in [0.717, 1.165) is 50.5 Å². The largest absolute Gasteiger partial charge is 0.492 e. The van der Waals surface area contributed by atoms with Crippen LogP contribution in [0.3, 0.4) is 0 Å². The van der Waals surface area contributed by atoms with Gasteiger partial charge in [0.2, 0.25) is 0 Å². The number of thiophene rings is 1. The zero-order valence-electron chi connectivity index (χ0n) is 16.3. The lowest BCUT2D eigenvalue weighted by Gasteiger charge is -2.07. The Morgan fingerprint density at radius 1 is 0.704 bits per heavy atom. The third-order valence-electron chi connectivity index (χ3n) is 4.36. The highest BCUT2D eigenvalue weighted by Crippen LogP contribution is 2.37. The minimum Gasteiger partial charge on any atom is -0.492 e. The van der Waals surface area contributed by atoms with Crippen LogP contribution in [0.4, 0.5) is 0 Å². The Morgan fingerprint density at radius 2 is 1.33 bits per heavy atom. The summed E-state index contributed by atoms with van der Waals surface area (Å²) in [6.45, 7) is 9.56. The van der Waals surface area contributed by atoms with E-state index in [-0.39, 0.29) is 0 Å². The zero-order valence-corrected chi connectivity index (χ0v) is 17.2. The van der Waals surface area contributed by atoms with E-state index < -0.39 is 0 Å². The molecule has 2 aromatic carbocycles. The van der Waals surface area contributed by atoms with Gasteiger partial charge in [0, 0.05) is 33.3 Å². The molecule has 1 aromatic heterocycles. The molecule has 0 atom stereocenters. The number of benzene rings is 2. The van der Waals surface area contributed by atoms with Crippen molar-refractivity contribution in [2.24, 2.45) is 0 Å². The predicted octanol–water partition coefficient (Wildman–Crippen LogP) is 4.81. The molecule has 0 aliphatic heterocycles. The Morgan fingerprint density at radius 3 is 2.00 bits per heavy atom. The van der Waals surface area contributed by atoms with Crippen molar-refractivity contribution >= 4 is 31.5 Å². The van der Waals surface area contributed by atoms with Crippen LogP contribution in [0.1, 0.15) is 26.7 Å². The van der Waals surface area contributed by atoms with Crippen molar-refractivity contribution in [3.63, 3.8) is 0 Å². The first-order chi connectivity index (χ1) is 13.3. The molecular weight excluding hydrogens is 356 g/mol. The predicted molar refractivity (Wildman–Crippen MR) is 117 cm³/mol. The monoisotopic (exact) mass is 386 g/mol. The van der Waals surface area contributed by atoms with E-state index in [1.807, 2.05) is 0 Å². The van der Waals surface area contributed by atoms with Crippen molar-refractivity contribution in [2.75, 3.05) is 39.4 Å². The Labute approximate surface area is 165 Å². The summed E-state index contributed by atoms with van der Waals surface area (Å²) in [5.74, 6) is 1.87. The molecule has 1 heterocycles. The van der Waals surface area contributed by atoms with E-state index in [2.05, 4.69) is 60.9 Å². The van der Waals surface area contributed by atoms with Crippen molar-refractivity contribution in [1.29, 1.82) is 0 Å². The quantitative estimate of drug-likeness (QED) is 0.438. The normalized spacial score (nSPS) is 11.3. The number of hydrogen-bond acceptors (Lipinski definition) is 5. The maximum atomic E-state index is 5.90. The molecule has 3 aromatic rings. The van der Waals surface area contributed by atoms with Crippen molar-refractivity contribution in [2.45, 2.75) is 26.7 Å². The lowest BCUT2D eigenvalue weighted by molar-refractivity contribution is 0.314.